The predicted molar refractivity (Wildman–Crippen MR) is 145 cm³/mol. The summed E-state index contributed by atoms with van der Waals surface area (Å²) in [5.74, 6) is 1.25. The molecule has 1 aromatic carbocycles. The smallest absolute Gasteiger partial charge is 0.410 e. The van der Waals surface area contributed by atoms with Crippen LogP contribution in [0.1, 0.15) is 67.7 Å². The van der Waals surface area contributed by atoms with Gasteiger partial charge in [-0.3, -0.25) is 10.2 Å². The molecule has 1 atom stereocenters. The van der Waals surface area contributed by atoms with Gasteiger partial charge in [0.25, 0.3) is 0 Å². The number of hydrogen-bond donors (Lipinski definition) is 5. The van der Waals surface area contributed by atoms with Crippen molar-refractivity contribution in [2.45, 2.75) is 74.0 Å². The minimum absolute atomic E-state index is 0.329. The zero-order valence-electron chi connectivity index (χ0n) is 23.0. The Morgan fingerprint density at radius 2 is 1.71 bits per heavy atom. The number of carbonyl (C=O) groups is 1. The van der Waals surface area contributed by atoms with Gasteiger partial charge in [-0.15, -0.1) is 0 Å². The minimum Gasteiger partial charge on any atom is -0.410 e. The number of carbonyl (C=O) groups excluding carboxylic acids is 1. The summed E-state index contributed by atoms with van der Waals surface area (Å²) in [5.41, 5.74) is 0. The fraction of sp³-hybridized carbons (Fsp3) is 0.654. The Labute approximate surface area is 213 Å². The number of hydrogen-bond acceptors (Lipinski definition) is 8. The van der Waals surface area contributed by atoms with E-state index >= 15 is 0 Å². The molecule has 0 fully saturated rings. The number of aliphatic hydroxyl groups is 2. The highest BCUT2D eigenvalue weighted by Gasteiger charge is 2.10. The van der Waals surface area contributed by atoms with Gasteiger partial charge in [0.2, 0.25) is 0 Å². The normalized spacial score (nSPS) is 10.5. The van der Waals surface area contributed by atoms with Crippen LogP contribution in [0.5, 0.6) is 5.75 Å². The molecular formula is C26H52N4O5. The first-order valence-corrected chi connectivity index (χ1v) is 12.6. The second-order valence-corrected chi connectivity index (χ2v) is 6.97. The average molecular weight is 501 g/mol. The Kier molecular flexibility index (Phi) is 31.9. The van der Waals surface area contributed by atoms with Crippen molar-refractivity contribution in [2.75, 3.05) is 33.1 Å². The molecule has 0 bridgehead atoms. The van der Waals surface area contributed by atoms with E-state index in [1.54, 1.807) is 30.3 Å². The molecule has 1 aromatic rings. The van der Waals surface area contributed by atoms with Crippen molar-refractivity contribution in [1.82, 2.24) is 21.0 Å². The van der Waals surface area contributed by atoms with E-state index in [1.165, 1.54) is 0 Å². The summed E-state index contributed by atoms with van der Waals surface area (Å²) in [5, 5.41) is 27.7. The summed E-state index contributed by atoms with van der Waals surface area (Å²) < 4.78 is 4.90. The Hall–Kier alpha value is -2.17. The van der Waals surface area contributed by atoms with Gasteiger partial charge in [0.15, 0.2) is 6.79 Å². The summed E-state index contributed by atoms with van der Waals surface area (Å²) in [6.07, 6.45) is 4.05. The maximum atomic E-state index is 10.9. The molecule has 5 N–H and O–H groups in total. The molecular weight excluding hydrogens is 448 g/mol. The van der Waals surface area contributed by atoms with Crippen LogP contribution >= 0.6 is 0 Å². The van der Waals surface area contributed by atoms with Gasteiger partial charge in [-0.25, -0.2) is 4.79 Å². The van der Waals surface area contributed by atoms with Gasteiger partial charge < -0.3 is 25.6 Å². The molecule has 0 aliphatic rings. The highest BCUT2D eigenvalue weighted by atomic mass is 16.7. The van der Waals surface area contributed by atoms with Gasteiger partial charge in [-0.2, -0.15) is 5.06 Å². The van der Waals surface area contributed by atoms with Crippen molar-refractivity contribution in [3.63, 3.8) is 0 Å². The second kappa shape index (κ2) is 29.9. The lowest BCUT2D eigenvalue weighted by molar-refractivity contribution is -0.217. The Balaban J connectivity index is -0.000000472. The number of aliphatic hydroxyl groups excluding tert-OH is 2. The molecule has 206 valence electrons. The number of ether oxygens (including phenoxy) is 1. The van der Waals surface area contributed by atoms with Crippen molar-refractivity contribution < 1.29 is 24.6 Å². The van der Waals surface area contributed by atoms with E-state index in [2.05, 4.69) is 36.4 Å². The second-order valence-electron chi connectivity index (χ2n) is 6.97. The zero-order chi connectivity index (χ0) is 27.3. The number of nitrogens with one attached hydrogen (secondary N) is 3. The molecule has 1 amide bonds. The van der Waals surface area contributed by atoms with E-state index in [0.717, 1.165) is 32.4 Å². The molecule has 0 saturated carbocycles. The topological polar surface area (TPSA) is 115 Å². The van der Waals surface area contributed by atoms with E-state index in [1.807, 2.05) is 45.9 Å². The first-order valence-electron chi connectivity index (χ1n) is 12.6. The fourth-order valence-corrected chi connectivity index (χ4v) is 2.45. The van der Waals surface area contributed by atoms with Gasteiger partial charge in [0, 0.05) is 19.6 Å². The van der Waals surface area contributed by atoms with Crippen LogP contribution in [0.15, 0.2) is 43.1 Å². The van der Waals surface area contributed by atoms with E-state index in [-0.39, 0.29) is 6.79 Å². The quantitative estimate of drug-likeness (QED) is 0.188. The SMILES string of the molecule is C=CNCC.CC.CCC(CC)CCN(CNC(C)O)OCO.CCNC(=O)Oc1ccccc1. The van der Waals surface area contributed by atoms with Gasteiger partial charge in [-0.1, -0.05) is 65.3 Å². The lowest BCUT2D eigenvalue weighted by Crippen LogP contribution is -2.39. The van der Waals surface area contributed by atoms with Crippen LogP contribution in [0.3, 0.4) is 0 Å². The molecule has 0 aromatic heterocycles. The lowest BCUT2D eigenvalue weighted by Gasteiger charge is -2.23. The van der Waals surface area contributed by atoms with Crippen LogP contribution in [0.2, 0.25) is 0 Å². The number of amides is 1. The molecule has 35 heavy (non-hydrogen) atoms. The largest absolute Gasteiger partial charge is 0.412 e. The van der Waals surface area contributed by atoms with E-state index in [9.17, 15) is 4.79 Å². The van der Waals surface area contributed by atoms with Crippen molar-refractivity contribution in [2.24, 2.45) is 5.92 Å². The van der Waals surface area contributed by atoms with Crippen molar-refractivity contribution in [1.29, 1.82) is 0 Å². The molecule has 0 saturated heterocycles. The van der Waals surface area contributed by atoms with E-state index in [0.29, 0.717) is 24.9 Å². The summed E-state index contributed by atoms with van der Waals surface area (Å²) in [4.78, 5) is 15.9. The number of para-hydroxylation sites is 1. The summed E-state index contributed by atoms with van der Waals surface area (Å²) in [6, 6.07) is 8.96. The van der Waals surface area contributed by atoms with Gasteiger partial charge in [0.1, 0.15) is 12.0 Å². The zero-order valence-corrected chi connectivity index (χ0v) is 23.0. The highest BCUT2D eigenvalue weighted by Crippen LogP contribution is 2.13. The minimum atomic E-state index is -0.571. The van der Waals surface area contributed by atoms with Crippen molar-refractivity contribution >= 4 is 6.09 Å². The van der Waals surface area contributed by atoms with Crippen molar-refractivity contribution in [3.05, 3.63) is 43.1 Å². The van der Waals surface area contributed by atoms with Crippen LogP contribution in [-0.2, 0) is 4.84 Å². The molecule has 0 spiro atoms. The molecule has 9 nitrogen and oxygen atoms in total. The maximum absolute atomic E-state index is 10.9. The fourth-order valence-electron chi connectivity index (χ4n) is 2.45. The monoisotopic (exact) mass is 500 g/mol. The third-order valence-corrected chi connectivity index (χ3v) is 4.37. The van der Waals surface area contributed by atoms with Crippen LogP contribution in [0.25, 0.3) is 0 Å². The highest BCUT2D eigenvalue weighted by molar-refractivity contribution is 5.70. The third kappa shape index (κ3) is 28.0. The molecule has 0 aliphatic heterocycles. The van der Waals surface area contributed by atoms with E-state index < -0.39 is 12.3 Å². The molecule has 0 radical (unpaired) electrons. The van der Waals surface area contributed by atoms with Crippen LogP contribution in [0, 0.1) is 5.92 Å². The summed E-state index contributed by atoms with van der Waals surface area (Å²) in [7, 11) is 0. The molecule has 0 aliphatic carbocycles. The Morgan fingerprint density at radius 3 is 2.11 bits per heavy atom. The molecule has 0 heterocycles. The Morgan fingerprint density at radius 1 is 1.11 bits per heavy atom. The van der Waals surface area contributed by atoms with E-state index in [4.69, 9.17) is 19.8 Å². The van der Waals surface area contributed by atoms with Gasteiger partial charge in [-0.05, 0) is 51.4 Å². The summed E-state index contributed by atoms with van der Waals surface area (Å²) in [6.45, 7) is 19.7. The maximum Gasteiger partial charge on any atom is 0.412 e. The number of benzene rings is 1. The van der Waals surface area contributed by atoms with Crippen LogP contribution in [0.4, 0.5) is 4.79 Å². The molecule has 1 rings (SSSR count). The van der Waals surface area contributed by atoms with Crippen LogP contribution in [-0.4, -0.2) is 60.7 Å². The standard InChI is InChI=1S/C11H26N2O3.C9H11NO2.C4H9N.C2H6/c1-4-11(5-2)6-7-13(16-9-14)8-12-10(3)15;1-2-10-9(11)12-8-6-4-3-5-7-8;1-3-5-4-2;1-2/h10-12,14-15H,4-9H2,1-3H3;3-7H,2H2,1H3,(H,10,11);3,5H,1,4H2,2H3;1-2H3. The van der Waals surface area contributed by atoms with Crippen molar-refractivity contribution in [3.8, 4) is 5.75 Å². The van der Waals surface area contributed by atoms with Gasteiger partial charge >= 0.3 is 6.09 Å². The Bertz CT molecular complexity index is 558. The number of rotatable bonds is 14. The first-order chi connectivity index (χ1) is 16.9. The van der Waals surface area contributed by atoms with Gasteiger partial charge in [0.05, 0.1) is 6.67 Å². The first kappa shape index (κ1) is 37.4. The third-order valence-electron chi connectivity index (χ3n) is 4.37. The predicted octanol–water partition coefficient (Wildman–Crippen LogP) is 4.44. The number of hydroxylamine groups is 2. The average Bonchev–Trinajstić information content (AvgIpc) is 2.86. The van der Waals surface area contributed by atoms with Crippen LogP contribution < -0.4 is 20.7 Å². The summed E-state index contributed by atoms with van der Waals surface area (Å²) >= 11 is 0. The molecule has 9 heteroatoms. The number of nitrogens with zero attached hydrogens (tertiary/aromatic N) is 1. The molecule has 1 unspecified atom stereocenters. The lowest BCUT2D eigenvalue weighted by atomic mass is 10.00.